The summed E-state index contributed by atoms with van der Waals surface area (Å²) in [7, 11) is 0. The predicted molar refractivity (Wildman–Crippen MR) is 72.3 cm³/mol. The number of nitrogens with zero attached hydrogens (tertiary/aromatic N) is 4. The van der Waals surface area contributed by atoms with Crippen LogP contribution in [0.4, 0.5) is 0 Å². The van der Waals surface area contributed by atoms with Gasteiger partial charge in [-0.1, -0.05) is 18.2 Å². The lowest BCUT2D eigenvalue weighted by Crippen LogP contribution is -2.38. The number of ether oxygens (including phenoxy) is 1. The molecule has 0 saturated carbocycles. The number of β-amino-alcohol motifs (C(OH)–C–C–N with tert-alkyl or cyclic N) is 1. The fraction of sp³-hybridized carbons (Fsp3) is 0.385. The Bertz CT molecular complexity index is 616. The first-order chi connectivity index (χ1) is 10.3. The van der Waals surface area contributed by atoms with Crippen molar-refractivity contribution in [3.63, 3.8) is 0 Å². The van der Waals surface area contributed by atoms with Gasteiger partial charge in [-0.2, -0.15) is 5.21 Å². The Hall–Kier alpha value is -2.32. The molecular weight excluding hydrogens is 274 g/mol. The van der Waals surface area contributed by atoms with Crippen molar-refractivity contribution in [1.29, 1.82) is 0 Å². The Kier molecular flexibility index (Phi) is 3.89. The molecule has 1 atom stereocenters. The van der Waals surface area contributed by atoms with Crippen molar-refractivity contribution in [3.8, 4) is 11.4 Å². The number of carbonyl (C=O) groups excluding carboxylic acids is 1. The van der Waals surface area contributed by atoms with Crippen molar-refractivity contribution in [2.24, 2.45) is 0 Å². The molecule has 1 aromatic heterocycles. The quantitative estimate of drug-likeness (QED) is 0.786. The van der Waals surface area contributed by atoms with Gasteiger partial charge in [-0.15, -0.1) is 10.2 Å². The summed E-state index contributed by atoms with van der Waals surface area (Å²) in [6.07, 6.45) is -0.672. The number of aliphatic hydroxyl groups excluding tert-OH is 1. The molecule has 2 N–H and O–H groups in total. The summed E-state index contributed by atoms with van der Waals surface area (Å²) in [5, 5.41) is 23.5. The van der Waals surface area contributed by atoms with Crippen molar-refractivity contribution in [2.45, 2.75) is 6.10 Å². The summed E-state index contributed by atoms with van der Waals surface area (Å²) in [4.78, 5) is 14.3. The van der Waals surface area contributed by atoms with E-state index in [2.05, 4.69) is 20.6 Å². The monoisotopic (exact) mass is 289 g/mol. The number of benzene rings is 1. The summed E-state index contributed by atoms with van der Waals surface area (Å²) in [6, 6.07) is 7.07. The molecule has 1 aliphatic rings. The van der Waals surface area contributed by atoms with Gasteiger partial charge < -0.3 is 14.7 Å². The first-order valence-corrected chi connectivity index (χ1v) is 6.63. The topological polar surface area (TPSA) is 104 Å². The molecule has 8 nitrogen and oxygen atoms in total. The number of aliphatic hydroxyl groups is 1. The zero-order valence-corrected chi connectivity index (χ0v) is 11.3. The Labute approximate surface area is 120 Å². The molecule has 110 valence electrons. The van der Waals surface area contributed by atoms with Gasteiger partial charge in [-0.25, -0.2) is 0 Å². The molecule has 1 aliphatic heterocycles. The van der Waals surface area contributed by atoms with Crippen molar-refractivity contribution < 1.29 is 14.6 Å². The van der Waals surface area contributed by atoms with E-state index in [9.17, 15) is 9.90 Å². The minimum atomic E-state index is -0.672. The minimum absolute atomic E-state index is 0.181. The third-order valence-corrected chi connectivity index (χ3v) is 3.28. The van der Waals surface area contributed by atoms with Gasteiger partial charge in [-0.05, 0) is 11.3 Å². The maximum Gasteiger partial charge on any atom is 0.254 e. The number of aromatic amines is 1. The van der Waals surface area contributed by atoms with Crippen LogP contribution in [0, 0.1) is 0 Å². The average Bonchev–Trinajstić information content (AvgIpc) is 2.95. The molecular formula is C13H15N5O3. The smallest absolute Gasteiger partial charge is 0.254 e. The van der Waals surface area contributed by atoms with E-state index >= 15 is 0 Å². The lowest BCUT2D eigenvalue weighted by atomic mass is 10.1. The van der Waals surface area contributed by atoms with Crippen molar-refractivity contribution >= 4 is 5.91 Å². The highest BCUT2D eigenvalue weighted by Crippen LogP contribution is 2.21. The van der Waals surface area contributed by atoms with Crippen LogP contribution in [0.1, 0.15) is 10.4 Å². The van der Waals surface area contributed by atoms with Gasteiger partial charge in [-0.3, -0.25) is 4.79 Å². The molecule has 0 bridgehead atoms. The highest BCUT2D eigenvalue weighted by Gasteiger charge is 2.24. The molecule has 8 heteroatoms. The van der Waals surface area contributed by atoms with Crippen LogP contribution in [-0.4, -0.2) is 68.9 Å². The molecule has 0 unspecified atom stereocenters. The molecule has 2 heterocycles. The largest absolute Gasteiger partial charge is 0.389 e. The number of rotatable bonds is 2. The van der Waals surface area contributed by atoms with E-state index in [-0.39, 0.29) is 19.1 Å². The summed E-state index contributed by atoms with van der Waals surface area (Å²) in [6.45, 7) is 1.35. The van der Waals surface area contributed by atoms with E-state index in [4.69, 9.17) is 4.74 Å². The maximum absolute atomic E-state index is 12.7. The molecule has 1 amide bonds. The first-order valence-electron chi connectivity index (χ1n) is 6.63. The van der Waals surface area contributed by atoms with Crippen LogP contribution >= 0.6 is 0 Å². The molecule has 0 aliphatic carbocycles. The second-order valence-corrected chi connectivity index (χ2v) is 4.76. The van der Waals surface area contributed by atoms with Crippen LogP contribution < -0.4 is 0 Å². The van der Waals surface area contributed by atoms with E-state index in [1.165, 1.54) is 0 Å². The normalized spacial score (nSPS) is 19.3. The van der Waals surface area contributed by atoms with Crippen LogP contribution in [0.5, 0.6) is 0 Å². The van der Waals surface area contributed by atoms with Gasteiger partial charge in [0.15, 0.2) is 0 Å². The summed E-state index contributed by atoms with van der Waals surface area (Å²) >= 11 is 0. The third-order valence-electron chi connectivity index (χ3n) is 3.28. The number of nitrogens with one attached hydrogen (secondary N) is 1. The number of tetrazole rings is 1. The van der Waals surface area contributed by atoms with Gasteiger partial charge in [0.2, 0.25) is 5.82 Å². The second kappa shape index (κ2) is 5.98. The molecule has 2 aromatic rings. The molecule has 0 spiro atoms. The third kappa shape index (κ3) is 2.91. The van der Waals surface area contributed by atoms with Gasteiger partial charge >= 0.3 is 0 Å². The number of hydrogen-bond donors (Lipinski definition) is 2. The lowest BCUT2D eigenvalue weighted by Gasteiger charge is -2.22. The summed E-state index contributed by atoms with van der Waals surface area (Å²) in [5.74, 6) is 0.186. The zero-order chi connectivity index (χ0) is 14.7. The molecule has 1 fully saturated rings. The average molecular weight is 289 g/mol. The number of amides is 1. The SMILES string of the molecule is O=C(c1ccccc1-c1nn[nH]n1)N1CCOC[C@@H](O)C1. The van der Waals surface area contributed by atoms with Crippen LogP contribution in [0.25, 0.3) is 11.4 Å². The van der Waals surface area contributed by atoms with Gasteiger partial charge in [0.25, 0.3) is 5.91 Å². The predicted octanol–water partition coefficient (Wildman–Crippen LogP) is -0.300. The van der Waals surface area contributed by atoms with E-state index in [1.807, 2.05) is 6.07 Å². The van der Waals surface area contributed by atoms with Crippen LogP contribution in [0.15, 0.2) is 24.3 Å². The zero-order valence-electron chi connectivity index (χ0n) is 11.3. The fourth-order valence-electron chi connectivity index (χ4n) is 2.29. The molecule has 0 radical (unpaired) electrons. The van der Waals surface area contributed by atoms with Crippen molar-refractivity contribution in [3.05, 3.63) is 29.8 Å². The molecule has 3 rings (SSSR count). The fourth-order valence-corrected chi connectivity index (χ4v) is 2.29. The highest BCUT2D eigenvalue weighted by molar-refractivity contribution is 6.00. The Balaban J connectivity index is 1.91. The second-order valence-electron chi connectivity index (χ2n) is 4.76. The van der Waals surface area contributed by atoms with E-state index in [0.717, 1.165) is 0 Å². The maximum atomic E-state index is 12.7. The van der Waals surface area contributed by atoms with Crippen LogP contribution in [-0.2, 0) is 4.74 Å². The number of H-pyrrole nitrogens is 1. The number of hydrogen-bond acceptors (Lipinski definition) is 6. The summed E-state index contributed by atoms with van der Waals surface area (Å²) < 4.78 is 5.24. The van der Waals surface area contributed by atoms with Crippen molar-refractivity contribution in [2.75, 3.05) is 26.3 Å². The molecule has 1 saturated heterocycles. The van der Waals surface area contributed by atoms with Crippen LogP contribution in [0.2, 0.25) is 0 Å². The number of aromatic nitrogens is 4. The van der Waals surface area contributed by atoms with E-state index in [0.29, 0.717) is 30.1 Å². The Morgan fingerprint density at radius 3 is 3.10 bits per heavy atom. The minimum Gasteiger partial charge on any atom is -0.389 e. The lowest BCUT2D eigenvalue weighted by molar-refractivity contribution is 0.0534. The molecule has 1 aromatic carbocycles. The van der Waals surface area contributed by atoms with E-state index in [1.54, 1.807) is 23.1 Å². The van der Waals surface area contributed by atoms with E-state index < -0.39 is 6.10 Å². The van der Waals surface area contributed by atoms with Gasteiger partial charge in [0, 0.05) is 18.7 Å². The number of carbonyl (C=O) groups is 1. The Morgan fingerprint density at radius 1 is 1.43 bits per heavy atom. The first kappa shape index (κ1) is 13.7. The summed E-state index contributed by atoms with van der Waals surface area (Å²) in [5.41, 5.74) is 1.09. The standard InChI is InChI=1S/C13H15N5O3/c19-9-7-18(5-6-21-8-9)13(20)11-4-2-1-3-10(11)12-14-16-17-15-12/h1-4,9,19H,5-8H2,(H,14,15,16,17)/t9-/m0/s1. The van der Waals surface area contributed by atoms with Gasteiger partial charge in [0.05, 0.1) is 24.9 Å². The van der Waals surface area contributed by atoms with Crippen molar-refractivity contribution in [1.82, 2.24) is 25.5 Å². The Morgan fingerprint density at radius 2 is 2.29 bits per heavy atom. The van der Waals surface area contributed by atoms with Crippen LogP contribution in [0.3, 0.4) is 0 Å². The highest BCUT2D eigenvalue weighted by atomic mass is 16.5. The van der Waals surface area contributed by atoms with Gasteiger partial charge in [0.1, 0.15) is 0 Å². The molecule has 21 heavy (non-hydrogen) atoms.